The van der Waals surface area contributed by atoms with Crippen molar-refractivity contribution in [2.75, 3.05) is 18.0 Å². The number of rotatable bonds is 5. The number of nitrogens with zero attached hydrogens (tertiary/aromatic N) is 2. The molecule has 2 aromatic carbocycles. The third-order valence-electron chi connectivity index (χ3n) is 4.91. The molecule has 1 aliphatic rings. The molecule has 0 spiro atoms. The number of amides is 2. The zero-order chi connectivity index (χ0) is 19.5. The van der Waals surface area contributed by atoms with E-state index in [0.29, 0.717) is 42.7 Å². The summed E-state index contributed by atoms with van der Waals surface area (Å²) in [4.78, 5) is 45.9. The largest absolute Gasteiger partial charge is 0.355 e. The number of aromatic amines is 1. The summed E-state index contributed by atoms with van der Waals surface area (Å²) >= 11 is 0. The smallest absolute Gasteiger partial charge is 0.258 e. The summed E-state index contributed by atoms with van der Waals surface area (Å²) in [5.74, 6) is -0.635. The number of hydrogen-bond donors (Lipinski definition) is 2. The van der Waals surface area contributed by atoms with Gasteiger partial charge in [0, 0.05) is 25.2 Å². The minimum absolute atomic E-state index is 0.180. The monoisotopic (exact) mass is 376 g/mol. The maximum Gasteiger partial charge on any atom is 0.258 e. The standard InChI is InChI=1S/C21H20N4O3/c26-19(16-11-13-25(21(16)28)14-6-2-1-3-7-14)22-12-10-18-23-17-9-5-4-8-15(17)20(27)24-18/h1-9,16H,10-13H2,(H,22,26)(H,23,24,27)/t16-/m1/s1. The number of carbonyl (C=O) groups excluding carboxylic acids is 2. The predicted molar refractivity (Wildman–Crippen MR) is 106 cm³/mol. The summed E-state index contributed by atoms with van der Waals surface area (Å²) in [6, 6.07) is 16.5. The Kier molecular flexibility index (Phi) is 4.89. The van der Waals surface area contributed by atoms with Gasteiger partial charge in [0.15, 0.2) is 0 Å². The lowest BCUT2D eigenvalue weighted by atomic mass is 10.1. The fraction of sp³-hybridized carbons (Fsp3) is 0.238. The van der Waals surface area contributed by atoms with Crippen molar-refractivity contribution in [2.45, 2.75) is 12.8 Å². The van der Waals surface area contributed by atoms with Crippen molar-refractivity contribution >= 4 is 28.4 Å². The summed E-state index contributed by atoms with van der Waals surface area (Å²) in [6.45, 7) is 0.829. The summed E-state index contributed by atoms with van der Waals surface area (Å²) in [5, 5.41) is 3.33. The molecule has 1 atom stereocenters. The van der Waals surface area contributed by atoms with Crippen LogP contribution in [0.4, 0.5) is 5.69 Å². The van der Waals surface area contributed by atoms with Crippen molar-refractivity contribution in [3.8, 4) is 0 Å². The fourth-order valence-electron chi connectivity index (χ4n) is 3.47. The van der Waals surface area contributed by atoms with Crippen LogP contribution in [0.3, 0.4) is 0 Å². The molecule has 1 saturated heterocycles. The van der Waals surface area contributed by atoms with E-state index in [1.165, 1.54) is 0 Å². The zero-order valence-corrected chi connectivity index (χ0v) is 15.2. The van der Waals surface area contributed by atoms with E-state index in [1.807, 2.05) is 36.4 Å². The van der Waals surface area contributed by atoms with Gasteiger partial charge < -0.3 is 15.2 Å². The lowest BCUT2D eigenvalue weighted by Crippen LogP contribution is -2.37. The molecular weight excluding hydrogens is 356 g/mol. The van der Waals surface area contributed by atoms with Gasteiger partial charge in [0.25, 0.3) is 5.56 Å². The molecule has 7 nitrogen and oxygen atoms in total. The second kappa shape index (κ2) is 7.64. The van der Waals surface area contributed by atoms with Crippen molar-refractivity contribution in [2.24, 2.45) is 5.92 Å². The first-order valence-corrected chi connectivity index (χ1v) is 9.25. The Morgan fingerprint density at radius 1 is 1.11 bits per heavy atom. The Balaban J connectivity index is 1.36. The van der Waals surface area contributed by atoms with Gasteiger partial charge in [-0.1, -0.05) is 30.3 Å². The number of carbonyl (C=O) groups is 2. The van der Waals surface area contributed by atoms with Crippen LogP contribution in [0.25, 0.3) is 10.9 Å². The normalized spacial score (nSPS) is 16.5. The van der Waals surface area contributed by atoms with Gasteiger partial charge in [-0.3, -0.25) is 14.4 Å². The number of para-hydroxylation sites is 2. The maximum absolute atomic E-state index is 12.6. The number of benzene rings is 2. The molecule has 7 heteroatoms. The molecule has 4 rings (SSSR count). The highest BCUT2D eigenvalue weighted by Crippen LogP contribution is 2.25. The molecule has 2 heterocycles. The van der Waals surface area contributed by atoms with Gasteiger partial charge in [-0.05, 0) is 30.7 Å². The van der Waals surface area contributed by atoms with Gasteiger partial charge in [-0.15, -0.1) is 0 Å². The quantitative estimate of drug-likeness (QED) is 0.662. The molecule has 0 radical (unpaired) electrons. The third-order valence-corrected chi connectivity index (χ3v) is 4.91. The van der Waals surface area contributed by atoms with Crippen molar-refractivity contribution in [3.63, 3.8) is 0 Å². The molecule has 0 aliphatic carbocycles. The van der Waals surface area contributed by atoms with Crippen molar-refractivity contribution < 1.29 is 9.59 Å². The van der Waals surface area contributed by atoms with Gasteiger partial charge in [-0.25, -0.2) is 4.98 Å². The fourth-order valence-corrected chi connectivity index (χ4v) is 3.47. The number of nitrogens with one attached hydrogen (secondary N) is 2. The molecular formula is C21H20N4O3. The van der Waals surface area contributed by atoms with Crippen LogP contribution in [-0.4, -0.2) is 34.9 Å². The highest BCUT2D eigenvalue weighted by atomic mass is 16.2. The van der Waals surface area contributed by atoms with Crippen LogP contribution in [0.15, 0.2) is 59.4 Å². The van der Waals surface area contributed by atoms with Crippen molar-refractivity contribution in [1.29, 1.82) is 0 Å². The lowest BCUT2D eigenvalue weighted by Gasteiger charge is -2.16. The molecule has 0 saturated carbocycles. The van der Waals surface area contributed by atoms with Crippen molar-refractivity contribution in [3.05, 3.63) is 70.8 Å². The van der Waals surface area contributed by atoms with Gasteiger partial charge in [0.2, 0.25) is 11.8 Å². The Hall–Kier alpha value is -3.48. The van der Waals surface area contributed by atoms with Crippen LogP contribution in [0.2, 0.25) is 0 Å². The van der Waals surface area contributed by atoms with Gasteiger partial charge in [0.05, 0.1) is 10.9 Å². The molecule has 1 aromatic heterocycles. The first-order valence-electron chi connectivity index (χ1n) is 9.25. The summed E-state index contributed by atoms with van der Waals surface area (Å²) in [5.41, 5.74) is 1.23. The Morgan fingerprint density at radius 3 is 2.68 bits per heavy atom. The van der Waals surface area contributed by atoms with E-state index in [1.54, 1.807) is 23.1 Å². The van der Waals surface area contributed by atoms with Gasteiger partial charge >= 0.3 is 0 Å². The molecule has 1 fully saturated rings. The van der Waals surface area contributed by atoms with E-state index in [9.17, 15) is 14.4 Å². The minimum atomic E-state index is -0.677. The highest BCUT2D eigenvalue weighted by Gasteiger charge is 2.37. The molecule has 142 valence electrons. The first-order chi connectivity index (χ1) is 13.6. The third kappa shape index (κ3) is 3.51. The number of aromatic nitrogens is 2. The highest BCUT2D eigenvalue weighted by molar-refractivity contribution is 6.09. The molecule has 28 heavy (non-hydrogen) atoms. The number of H-pyrrole nitrogens is 1. The average Bonchev–Trinajstić information content (AvgIpc) is 3.10. The number of fused-ring (bicyclic) bond motifs is 1. The Labute approximate surface area is 161 Å². The van der Waals surface area contributed by atoms with E-state index >= 15 is 0 Å². The van der Waals surface area contributed by atoms with Crippen LogP contribution in [0.1, 0.15) is 12.2 Å². The molecule has 2 amide bonds. The molecule has 1 aliphatic heterocycles. The lowest BCUT2D eigenvalue weighted by molar-refractivity contribution is -0.132. The minimum Gasteiger partial charge on any atom is -0.355 e. The van der Waals surface area contributed by atoms with Gasteiger partial charge in [-0.2, -0.15) is 0 Å². The van der Waals surface area contributed by atoms with E-state index in [-0.39, 0.29) is 17.4 Å². The Morgan fingerprint density at radius 2 is 1.86 bits per heavy atom. The SMILES string of the molecule is O=C(NCCc1nc2ccccc2c(=O)[nH]1)[C@H]1CCN(c2ccccc2)C1=O. The summed E-state index contributed by atoms with van der Waals surface area (Å²) < 4.78 is 0. The van der Waals surface area contributed by atoms with Crippen molar-refractivity contribution in [1.82, 2.24) is 15.3 Å². The van der Waals surface area contributed by atoms with E-state index in [4.69, 9.17) is 0 Å². The molecule has 0 bridgehead atoms. The average molecular weight is 376 g/mol. The van der Waals surface area contributed by atoms with Crippen LogP contribution in [-0.2, 0) is 16.0 Å². The van der Waals surface area contributed by atoms with Crippen LogP contribution in [0.5, 0.6) is 0 Å². The van der Waals surface area contributed by atoms with E-state index < -0.39 is 5.92 Å². The molecule has 0 unspecified atom stereocenters. The van der Waals surface area contributed by atoms with E-state index in [2.05, 4.69) is 15.3 Å². The van der Waals surface area contributed by atoms with Crippen LogP contribution >= 0.6 is 0 Å². The maximum atomic E-state index is 12.6. The van der Waals surface area contributed by atoms with Crippen LogP contribution in [0, 0.1) is 5.92 Å². The second-order valence-electron chi connectivity index (χ2n) is 6.74. The molecule has 2 N–H and O–H groups in total. The van der Waals surface area contributed by atoms with E-state index in [0.717, 1.165) is 5.69 Å². The topological polar surface area (TPSA) is 95.2 Å². The second-order valence-corrected chi connectivity index (χ2v) is 6.74. The first kappa shape index (κ1) is 17.9. The molecule has 3 aromatic rings. The van der Waals surface area contributed by atoms with Crippen LogP contribution < -0.4 is 15.8 Å². The summed E-state index contributed by atoms with van der Waals surface area (Å²) in [6.07, 6.45) is 0.875. The number of anilines is 1. The predicted octanol–water partition coefficient (Wildman–Crippen LogP) is 1.63. The Bertz CT molecular complexity index is 1080. The van der Waals surface area contributed by atoms with Gasteiger partial charge in [0.1, 0.15) is 11.7 Å². The summed E-state index contributed by atoms with van der Waals surface area (Å²) in [7, 11) is 0. The zero-order valence-electron chi connectivity index (χ0n) is 15.2. The number of hydrogen-bond acceptors (Lipinski definition) is 4.